The smallest absolute Gasteiger partial charge is 0.223 e. The van der Waals surface area contributed by atoms with E-state index < -0.39 is 0 Å². The number of rotatable bonds is 3. The van der Waals surface area contributed by atoms with E-state index >= 15 is 0 Å². The molecule has 1 aromatic rings. The van der Waals surface area contributed by atoms with Crippen molar-refractivity contribution in [3.05, 3.63) is 34.9 Å². The lowest BCUT2D eigenvalue weighted by molar-refractivity contribution is -0.128. The molecule has 21 heavy (non-hydrogen) atoms. The van der Waals surface area contributed by atoms with Crippen LogP contribution in [-0.4, -0.2) is 11.9 Å². The Balaban J connectivity index is 1.56. The number of carbonyl (C=O) groups excluding carboxylic acids is 1. The Morgan fingerprint density at radius 1 is 1.29 bits per heavy atom. The average molecular weight is 307 g/mol. The summed E-state index contributed by atoms with van der Waals surface area (Å²) in [5, 5.41) is 3.77. The molecule has 2 fully saturated rings. The second-order valence-corrected chi connectivity index (χ2v) is 6.98. The van der Waals surface area contributed by atoms with Crippen molar-refractivity contribution in [3.63, 3.8) is 0 Å². The summed E-state index contributed by atoms with van der Waals surface area (Å²) in [7, 11) is 0. The molecule has 2 unspecified atom stereocenters. The van der Waals surface area contributed by atoms with Crippen molar-refractivity contribution in [2.45, 2.75) is 44.7 Å². The summed E-state index contributed by atoms with van der Waals surface area (Å²) < 4.78 is 0. The lowest BCUT2D eigenvalue weighted by atomic mass is 9.65. The van der Waals surface area contributed by atoms with Crippen molar-refractivity contribution in [2.75, 3.05) is 0 Å². The number of halogens is 1. The highest BCUT2D eigenvalue weighted by atomic mass is 35.5. The summed E-state index contributed by atoms with van der Waals surface area (Å²) in [6.45, 7) is 0.553. The fraction of sp³-hybridized carbons (Fsp3) is 0.588. The molecule has 0 heterocycles. The second-order valence-electron chi connectivity index (χ2n) is 6.54. The number of hydrogen-bond acceptors (Lipinski definition) is 2. The predicted molar refractivity (Wildman–Crippen MR) is 84.8 cm³/mol. The van der Waals surface area contributed by atoms with Gasteiger partial charge in [-0.05, 0) is 55.2 Å². The normalized spacial score (nSPS) is 31.7. The van der Waals surface area contributed by atoms with Crippen LogP contribution in [0, 0.1) is 17.8 Å². The van der Waals surface area contributed by atoms with Crippen molar-refractivity contribution in [3.8, 4) is 0 Å². The molecule has 3 rings (SSSR count). The first-order valence-electron chi connectivity index (χ1n) is 7.91. The molecular formula is C17H23ClN2O. The molecule has 2 saturated carbocycles. The first-order valence-corrected chi connectivity index (χ1v) is 8.29. The van der Waals surface area contributed by atoms with Crippen LogP contribution in [0.2, 0.25) is 5.02 Å². The van der Waals surface area contributed by atoms with Crippen LogP contribution in [-0.2, 0) is 11.3 Å². The van der Waals surface area contributed by atoms with Gasteiger partial charge in [0, 0.05) is 23.5 Å². The quantitative estimate of drug-likeness (QED) is 0.901. The van der Waals surface area contributed by atoms with E-state index in [0.717, 1.165) is 18.4 Å². The van der Waals surface area contributed by atoms with Crippen LogP contribution in [0.15, 0.2) is 24.3 Å². The van der Waals surface area contributed by atoms with Gasteiger partial charge in [-0.2, -0.15) is 0 Å². The molecule has 2 aliphatic rings. The monoisotopic (exact) mass is 306 g/mol. The van der Waals surface area contributed by atoms with Crippen molar-refractivity contribution in [1.29, 1.82) is 0 Å². The summed E-state index contributed by atoms with van der Waals surface area (Å²) in [6, 6.07) is 7.95. The maximum Gasteiger partial charge on any atom is 0.223 e. The van der Waals surface area contributed by atoms with Gasteiger partial charge in [0.1, 0.15) is 0 Å². The Kier molecular flexibility index (Phi) is 4.51. The minimum absolute atomic E-state index is 0.138. The average Bonchev–Trinajstić information content (AvgIpc) is 2.44. The van der Waals surface area contributed by atoms with E-state index in [1.54, 1.807) is 0 Å². The summed E-state index contributed by atoms with van der Waals surface area (Å²) in [6.07, 6.45) is 5.57. The highest BCUT2D eigenvalue weighted by Gasteiger charge is 2.40. The molecule has 1 amide bonds. The minimum Gasteiger partial charge on any atom is -0.352 e. The number of carbonyl (C=O) groups is 1. The first kappa shape index (κ1) is 14.9. The molecule has 1 aromatic carbocycles. The molecule has 0 spiro atoms. The molecule has 2 aliphatic carbocycles. The van der Waals surface area contributed by atoms with Gasteiger partial charge in [-0.25, -0.2) is 0 Å². The van der Waals surface area contributed by atoms with Crippen molar-refractivity contribution < 1.29 is 4.79 Å². The van der Waals surface area contributed by atoms with Gasteiger partial charge >= 0.3 is 0 Å². The largest absolute Gasteiger partial charge is 0.352 e. The van der Waals surface area contributed by atoms with E-state index in [0.29, 0.717) is 29.4 Å². The molecule has 0 radical (unpaired) electrons. The third-order valence-corrected chi connectivity index (χ3v) is 5.37. The third-order valence-electron chi connectivity index (χ3n) is 5.14. The number of nitrogens with one attached hydrogen (secondary N) is 1. The number of benzene rings is 1. The summed E-state index contributed by atoms with van der Waals surface area (Å²) in [5.41, 5.74) is 7.33. The number of fused-ring (bicyclic) bond motifs is 2. The highest BCUT2D eigenvalue weighted by Crippen LogP contribution is 2.41. The Morgan fingerprint density at radius 3 is 2.67 bits per heavy atom. The van der Waals surface area contributed by atoms with Crippen molar-refractivity contribution in [1.82, 2.24) is 5.32 Å². The first-order chi connectivity index (χ1) is 10.1. The molecule has 114 valence electrons. The van der Waals surface area contributed by atoms with Gasteiger partial charge in [0.25, 0.3) is 0 Å². The third kappa shape index (κ3) is 3.41. The number of nitrogens with two attached hydrogens (primary N) is 1. The SMILES string of the molecule is NC1C2CCCC1CC(C(=O)NCc1cccc(Cl)c1)C2. The van der Waals surface area contributed by atoms with Crippen LogP contribution in [0.3, 0.4) is 0 Å². The van der Waals surface area contributed by atoms with Crippen molar-refractivity contribution >= 4 is 17.5 Å². The second kappa shape index (κ2) is 6.37. The van der Waals surface area contributed by atoms with E-state index in [4.69, 9.17) is 17.3 Å². The Labute approximate surface area is 131 Å². The fourth-order valence-corrected chi connectivity index (χ4v) is 4.20. The van der Waals surface area contributed by atoms with Gasteiger partial charge in [0.2, 0.25) is 5.91 Å². The molecule has 0 aromatic heterocycles. The Bertz CT molecular complexity index is 505. The maximum absolute atomic E-state index is 12.4. The molecule has 0 saturated heterocycles. The predicted octanol–water partition coefficient (Wildman–Crippen LogP) is 3.11. The zero-order valence-corrected chi connectivity index (χ0v) is 13.0. The lowest BCUT2D eigenvalue weighted by Gasteiger charge is -2.43. The number of amides is 1. The summed E-state index contributed by atoms with van der Waals surface area (Å²) in [5.74, 6) is 1.40. The zero-order chi connectivity index (χ0) is 14.8. The molecule has 2 atom stereocenters. The van der Waals surface area contributed by atoms with E-state index in [9.17, 15) is 4.79 Å². The number of hydrogen-bond donors (Lipinski definition) is 2. The van der Waals surface area contributed by atoms with E-state index in [-0.39, 0.29) is 11.8 Å². The lowest BCUT2D eigenvalue weighted by Crippen LogP contribution is -2.49. The van der Waals surface area contributed by atoms with E-state index in [2.05, 4.69) is 5.32 Å². The van der Waals surface area contributed by atoms with Gasteiger partial charge < -0.3 is 11.1 Å². The highest BCUT2D eigenvalue weighted by molar-refractivity contribution is 6.30. The van der Waals surface area contributed by atoms with E-state index in [1.807, 2.05) is 24.3 Å². The van der Waals surface area contributed by atoms with Gasteiger partial charge in [-0.1, -0.05) is 30.2 Å². The summed E-state index contributed by atoms with van der Waals surface area (Å²) >= 11 is 5.96. The van der Waals surface area contributed by atoms with Gasteiger partial charge in [-0.3, -0.25) is 4.79 Å². The molecule has 0 aliphatic heterocycles. The van der Waals surface area contributed by atoms with Gasteiger partial charge in [-0.15, -0.1) is 0 Å². The van der Waals surface area contributed by atoms with Crippen LogP contribution < -0.4 is 11.1 Å². The van der Waals surface area contributed by atoms with Crippen LogP contribution in [0.1, 0.15) is 37.7 Å². The van der Waals surface area contributed by atoms with Crippen molar-refractivity contribution in [2.24, 2.45) is 23.5 Å². The Morgan fingerprint density at radius 2 is 2.00 bits per heavy atom. The minimum atomic E-state index is 0.138. The fourth-order valence-electron chi connectivity index (χ4n) is 3.98. The Hall–Kier alpha value is -1.06. The van der Waals surface area contributed by atoms with Crippen LogP contribution >= 0.6 is 11.6 Å². The topological polar surface area (TPSA) is 55.1 Å². The molecular weight excluding hydrogens is 284 g/mol. The van der Waals surface area contributed by atoms with Crippen LogP contribution in [0.5, 0.6) is 0 Å². The van der Waals surface area contributed by atoms with E-state index in [1.165, 1.54) is 19.3 Å². The van der Waals surface area contributed by atoms with Gasteiger partial charge in [0.15, 0.2) is 0 Å². The summed E-state index contributed by atoms with van der Waals surface area (Å²) in [4.78, 5) is 12.4. The van der Waals surface area contributed by atoms with Crippen LogP contribution in [0.4, 0.5) is 0 Å². The van der Waals surface area contributed by atoms with Crippen LogP contribution in [0.25, 0.3) is 0 Å². The maximum atomic E-state index is 12.4. The standard InChI is InChI=1S/C17H23ClN2O/c18-15-6-1-3-11(7-15)10-20-17(21)14-8-12-4-2-5-13(9-14)16(12)19/h1,3,6-7,12-14,16H,2,4-5,8-10,19H2,(H,20,21). The molecule has 3 N–H and O–H groups in total. The van der Waals surface area contributed by atoms with Gasteiger partial charge in [0.05, 0.1) is 0 Å². The molecule has 2 bridgehead atoms. The zero-order valence-electron chi connectivity index (χ0n) is 12.2. The molecule has 3 nitrogen and oxygen atoms in total. The molecule has 4 heteroatoms.